The number of benzene rings is 1. The van der Waals surface area contributed by atoms with Crippen LogP contribution in [0.15, 0.2) is 36.5 Å². The van der Waals surface area contributed by atoms with Gasteiger partial charge < -0.3 is 4.74 Å². The Morgan fingerprint density at radius 3 is 2.65 bits per heavy atom. The quantitative estimate of drug-likeness (QED) is 0.866. The Bertz CT molecular complexity index is 644. The molecule has 1 fully saturated rings. The van der Waals surface area contributed by atoms with Crippen molar-refractivity contribution in [3.8, 4) is 5.75 Å². The Morgan fingerprint density at radius 2 is 1.96 bits per heavy atom. The number of nitrogens with zero attached hydrogens (tertiary/aromatic N) is 4. The fraction of sp³-hybridized carbons (Fsp3) is 0.444. The number of methoxy groups -OCH3 is 1. The highest BCUT2D eigenvalue weighted by Crippen LogP contribution is 2.26. The van der Waals surface area contributed by atoms with Gasteiger partial charge in [0, 0.05) is 38.4 Å². The van der Waals surface area contributed by atoms with Crippen LogP contribution in [0.25, 0.3) is 0 Å². The second-order valence-corrected chi connectivity index (χ2v) is 6.10. The number of aryl methyl sites for hydroxylation is 1. The van der Waals surface area contributed by atoms with Crippen LogP contribution in [0, 0.1) is 6.92 Å². The van der Waals surface area contributed by atoms with Crippen molar-refractivity contribution in [1.29, 1.82) is 0 Å². The summed E-state index contributed by atoms with van der Waals surface area (Å²) in [6.45, 7) is 5.94. The lowest BCUT2D eigenvalue weighted by Crippen LogP contribution is -2.46. The average Bonchev–Trinajstić information content (AvgIpc) is 2.57. The van der Waals surface area contributed by atoms with Gasteiger partial charge in [-0.3, -0.25) is 9.80 Å². The minimum atomic E-state index is 0.401. The van der Waals surface area contributed by atoms with E-state index >= 15 is 0 Å². The van der Waals surface area contributed by atoms with E-state index in [2.05, 4.69) is 38.9 Å². The molecule has 1 aromatic carbocycles. The molecule has 0 bridgehead atoms. The predicted molar refractivity (Wildman–Crippen MR) is 90.4 cm³/mol. The summed E-state index contributed by atoms with van der Waals surface area (Å²) in [5, 5.41) is 0. The predicted octanol–water partition coefficient (Wildman–Crippen LogP) is 2.28. The molecule has 5 nitrogen and oxygen atoms in total. The van der Waals surface area contributed by atoms with Gasteiger partial charge in [0.1, 0.15) is 11.6 Å². The Kier molecular flexibility index (Phi) is 4.88. The van der Waals surface area contributed by atoms with Crippen LogP contribution in [0.1, 0.15) is 23.1 Å². The van der Waals surface area contributed by atoms with Crippen molar-refractivity contribution in [3.63, 3.8) is 0 Å². The third-order valence-electron chi connectivity index (χ3n) is 4.45. The molecule has 122 valence electrons. The zero-order valence-electron chi connectivity index (χ0n) is 14.1. The molecule has 0 unspecified atom stereocenters. The van der Waals surface area contributed by atoms with Crippen LogP contribution in [0.5, 0.6) is 5.75 Å². The lowest BCUT2D eigenvalue weighted by Gasteiger charge is -2.39. The summed E-state index contributed by atoms with van der Waals surface area (Å²) in [6.07, 6.45) is 1.84. The first-order valence-electron chi connectivity index (χ1n) is 8.01. The molecule has 0 saturated carbocycles. The number of ether oxygens (including phenoxy) is 1. The third kappa shape index (κ3) is 3.86. The second-order valence-electron chi connectivity index (χ2n) is 6.10. The summed E-state index contributed by atoms with van der Waals surface area (Å²) in [6, 6.07) is 10.8. The van der Waals surface area contributed by atoms with Gasteiger partial charge in [-0.05, 0) is 37.7 Å². The van der Waals surface area contributed by atoms with Gasteiger partial charge in [-0.2, -0.15) is 0 Å². The molecule has 1 aliphatic rings. The standard InChI is InChI=1S/C18H24N4O/c1-14-19-9-8-16(20-14)12-22-11-10-21(2)18(13-22)15-4-6-17(23-3)7-5-15/h4-9,18H,10-13H2,1-3H3/t18-/m0/s1. The zero-order valence-corrected chi connectivity index (χ0v) is 14.1. The van der Waals surface area contributed by atoms with Crippen molar-refractivity contribution in [3.05, 3.63) is 53.6 Å². The minimum absolute atomic E-state index is 0.401. The molecule has 23 heavy (non-hydrogen) atoms. The molecule has 0 spiro atoms. The van der Waals surface area contributed by atoms with E-state index in [0.29, 0.717) is 6.04 Å². The number of hydrogen-bond donors (Lipinski definition) is 0. The Labute approximate surface area is 137 Å². The van der Waals surface area contributed by atoms with Crippen LogP contribution in [0.4, 0.5) is 0 Å². The van der Waals surface area contributed by atoms with Crippen LogP contribution in [-0.4, -0.2) is 53.6 Å². The van der Waals surface area contributed by atoms with Crippen LogP contribution in [0.3, 0.4) is 0 Å². The van der Waals surface area contributed by atoms with Gasteiger partial charge in [0.05, 0.1) is 12.8 Å². The van der Waals surface area contributed by atoms with Crippen molar-refractivity contribution in [1.82, 2.24) is 19.8 Å². The first-order chi connectivity index (χ1) is 11.2. The molecule has 3 rings (SSSR count). The molecule has 1 aliphatic heterocycles. The van der Waals surface area contributed by atoms with Crippen molar-refractivity contribution in [2.24, 2.45) is 0 Å². The fourth-order valence-corrected chi connectivity index (χ4v) is 3.08. The van der Waals surface area contributed by atoms with E-state index < -0.39 is 0 Å². The SMILES string of the molecule is COc1ccc([C@@H]2CN(Cc3ccnc(C)n3)CCN2C)cc1. The molecule has 2 aromatic rings. The van der Waals surface area contributed by atoms with E-state index in [1.807, 2.05) is 31.3 Å². The molecule has 5 heteroatoms. The smallest absolute Gasteiger partial charge is 0.125 e. The monoisotopic (exact) mass is 312 g/mol. The first-order valence-corrected chi connectivity index (χ1v) is 8.01. The van der Waals surface area contributed by atoms with Gasteiger partial charge in [-0.25, -0.2) is 9.97 Å². The Hall–Kier alpha value is -1.98. The average molecular weight is 312 g/mol. The molecule has 1 saturated heterocycles. The van der Waals surface area contributed by atoms with Crippen LogP contribution >= 0.6 is 0 Å². The second kappa shape index (κ2) is 7.06. The summed E-state index contributed by atoms with van der Waals surface area (Å²) >= 11 is 0. The van der Waals surface area contributed by atoms with Crippen LogP contribution in [0.2, 0.25) is 0 Å². The number of hydrogen-bond acceptors (Lipinski definition) is 5. The molecule has 1 aromatic heterocycles. The van der Waals surface area contributed by atoms with E-state index in [9.17, 15) is 0 Å². The topological polar surface area (TPSA) is 41.5 Å². The number of piperazine rings is 1. The third-order valence-corrected chi connectivity index (χ3v) is 4.45. The summed E-state index contributed by atoms with van der Waals surface area (Å²) in [5.74, 6) is 1.74. The van der Waals surface area contributed by atoms with Crippen molar-refractivity contribution < 1.29 is 4.74 Å². The van der Waals surface area contributed by atoms with E-state index in [4.69, 9.17) is 4.74 Å². The van der Waals surface area contributed by atoms with Crippen LogP contribution < -0.4 is 4.74 Å². The fourth-order valence-electron chi connectivity index (χ4n) is 3.08. The van der Waals surface area contributed by atoms with E-state index in [0.717, 1.165) is 43.4 Å². The van der Waals surface area contributed by atoms with E-state index in [-0.39, 0.29) is 0 Å². The van der Waals surface area contributed by atoms with Crippen molar-refractivity contribution in [2.45, 2.75) is 19.5 Å². The van der Waals surface area contributed by atoms with Gasteiger partial charge in [0.25, 0.3) is 0 Å². The minimum Gasteiger partial charge on any atom is -0.497 e. The van der Waals surface area contributed by atoms with Gasteiger partial charge in [-0.15, -0.1) is 0 Å². The molecule has 0 N–H and O–H groups in total. The van der Waals surface area contributed by atoms with Gasteiger partial charge >= 0.3 is 0 Å². The molecule has 0 radical (unpaired) electrons. The van der Waals surface area contributed by atoms with Gasteiger partial charge in [0.15, 0.2) is 0 Å². The van der Waals surface area contributed by atoms with Gasteiger partial charge in [0.2, 0.25) is 0 Å². The lowest BCUT2D eigenvalue weighted by molar-refractivity contribution is 0.0895. The summed E-state index contributed by atoms with van der Waals surface area (Å²) in [7, 11) is 3.90. The zero-order chi connectivity index (χ0) is 16.2. The molecular weight excluding hydrogens is 288 g/mol. The molecule has 1 atom stereocenters. The normalized spacial score (nSPS) is 19.7. The highest BCUT2D eigenvalue weighted by atomic mass is 16.5. The molecule has 0 aliphatic carbocycles. The van der Waals surface area contributed by atoms with E-state index in [1.54, 1.807) is 7.11 Å². The number of rotatable bonds is 4. The molecule has 2 heterocycles. The summed E-state index contributed by atoms with van der Waals surface area (Å²) < 4.78 is 5.26. The first kappa shape index (κ1) is 15.9. The summed E-state index contributed by atoms with van der Waals surface area (Å²) in [4.78, 5) is 13.6. The highest BCUT2D eigenvalue weighted by molar-refractivity contribution is 5.29. The Balaban J connectivity index is 1.70. The molecular formula is C18H24N4O. The number of likely N-dealkylation sites (N-methyl/N-ethyl adjacent to an activating group) is 1. The van der Waals surface area contributed by atoms with Crippen molar-refractivity contribution >= 4 is 0 Å². The maximum Gasteiger partial charge on any atom is 0.125 e. The largest absolute Gasteiger partial charge is 0.497 e. The van der Waals surface area contributed by atoms with Crippen molar-refractivity contribution in [2.75, 3.05) is 33.8 Å². The lowest BCUT2D eigenvalue weighted by atomic mass is 10.0. The van der Waals surface area contributed by atoms with Crippen LogP contribution in [-0.2, 0) is 6.54 Å². The maximum absolute atomic E-state index is 5.26. The molecule has 0 amide bonds. The number of aromatic nitrogens is 2. The summed E-state index contributed by atoms with van der Waals surface area (Å²) in [5.41, 5.74) is 2.42. The maximum atomic E-state index is 5.26. The van der Waals surface area contributed by atoms with E-state index in [1.165, 1.54) is 5.56 Å². The highest BCUT2D eigenvalue weighted by Gasteiger charge is 2.25. The van der Waals surface area contributed by atoms with Gasteiger partial charge in [-0.1, -0.05) is 12.1 Å². The Morgan fingerprint density at radius 1 is 1.17 bits per heavy atom.